The number of hydrogen-bond acceptors (Lipinski definition) is 1. The van der Waals surface area contributed by atoms with Gasteiger partial charge in [0.05, 0.1) is 22.1 Å². The van der Waals surface area contributed by atoms with Crippen molar-refractivity contribution >= 4 is 65.6 Å². The Kier molecular flexibility index (Phi) is 5.96. The minimum Gasteiger partial charge on any atom is -0.456 e. The molecule has 0 spiro atoms. The number of hydrogen-bond donors (Lipinski definition) is 0. The predicted molar refractivity (Wildman–Crippen MR) is 213 cm³/mol. The van der Waals surface area contributed by atoms with Crippen LogP contribution in [0.1, 0.15) is 0 Å². The van der Waals surface area contributed by atoms with Crippen molar-refractivity contribution < 1.29 is 4.42 Å². The van der Waals surface area contributed by atoms with Gasteiger partial charge in [-0.3, -0.25) is 0 Å². The van der Waals surface area contributed by atoms with Crippen LogP contribution in [0.5, 0.6) is 0 Å². The van der Waals surface area contributed by atoms with E-state index in [1.54, 1.807) is 0 Å². The van der Waals surface area contributed by atoms with Crippen LogP contribution >= 0.6 is 0 Å². The third kappa shape index (κ3) is 4.25. The highest BCUT2D eigenvalue weighted by Crippen LogP contribution is 2.42. The molecule has 11 aromatic rings. The molecule has 0 radical (unpaired) electrons. The monoisotopic (exact) mass is 650 g/mol. The molecule has 8 aromatic carbocycles. The quantitative estimate of drug-likeness (QED) is 0.186. The lowest BCUT2D eigenvalue weighted by Gasteiger charge is -2.12. The molecular weight excluding hydrogens is 621 g/mol. The van der Waals surface area contributed by atoms with Crippen LogP contribution in [-0.4, -0.2) is 9.13 Å². The van der Waals surface area contributed by atoms with Crippen LogP contribution in [-0.2, 0) is 0 Å². The maximum absolute atomic E-state index is 6.47. The van der Waals surface area contributed by atoms with Crippen molar-refractivity contribution in [3.05, 3.63) is 182 Å². The molecule has 3 heteroatoms. The van der Waals surface area contributed by atoms with Gasteiger partial charge in [0, 0.05) is 49.8 Å². The molecule has 0 bridgehead atoms. The molecule has 0 fully saturated rings. The second kappa shape index (κ2) is 10.8. The summed E-state index contributed by atoms with van der Waals surface area (Å²) in [6.07, 6.45) is 0. The summed E-state index contributed by atoms with van der Waals surface area (Å²) in [5.74, 6) is 0. The number of para-hydroxylation sites is 2. The van der Waals surface area contributed by atoms with Crippen molar-refractivity contribution in [2.24, 2.45) is 0 Å². The Bertz CT molecular complexity index is 3130. The summed E-state index contributed by atoms with van der Waals surface area (Å²) in [5.41, 5.74) is 13.5. The molecule has 0 saturated heterocycles. The molecule has 3 heterocycles. The lowest BCUT2D eigenvalue weighted by Crippen LogP contribution is -1.96. The fourth-order valence-electron chi connectivity index (χ4n) is 8.16. The zero-order chi connectivity index (χ0) is 33.5. The van der Waals surface area contributed by atoms with Crippen LogP contribution in [0.25, 0.3) is 99.2 Å². The van der Waals surface area contributed by atoms with Gasteiger partial charge in [0.25, 0.3) is 0 Å². The van der Waals surface area contributed by atoms with E-state index >= 15 is 0 Å². The first-order chi connectivity index (χ1) is 25.3. The standard InChI is InChI=1S/C48H30N2O/c1-3-13-31(14-4-1)33-17-11-19-35(25-33)49-43-23-9-7-21-37(43)39-27-40-41-28-42-38-22-8-10-24-47(38)51-48(42)30-46(41)50(45(40)29-44(39)49)36-20-12-18-34(26-36)32-15-5-2-6-16-32/h1-30H. The highest BCUT2D eigenvalue weighted by atomic mass is 16.3. The molecule has 0 atom stereocenters. The van der Waals surface area contributed by atoms with Gasteiger partial charge in [0.1, 0.15) is 11.2 Å². The second-order valence-electron chi connectivity index (χ2n) is 13.4. The van der Waals surface area contributed by atoms with E-state index in [2.05, 4.69) is 185 Å². The zero-order valence-corrected chi connectivity index (χ0v) is 27.6. The van der Waals surface area contributed by atoms with Gasteiger partial charge in [-0.25, -0.2) is 0 Å². The first kappa shape index (κ1) is 28.0. The Balaban J connectivity index is 1.26. The molecule has 0 amide bonds. The molecule has 51 heavy (non-hydrogen) atoms. The number of rotatable bonds is 4. The van der Waals surface area contributed by atoms with Crippen molar-refractivity contribution in [2.45, 2.75) is 0 Å². The SMILES string of the molecule is c1ccc(-c2cccc(-n3c4ccccc4c4cc5c6cc7c(cc6n(-c6cccc(-c8ccccc8)c6)c5cc43)oc3ccccc37)c2)cc1. The minimum absolute atomic E-state index is 0.893. The third-order valence-electron chi connectivity index (χ3n) is 10.5. The molecule has 0 unspecified atom stereocenters. The first-order valence-corrected chi connectivity index (χ1v) is 17.4. The topological polar surface area (TPSA) is 23.0 Å². The maximum atomic E-state index is 6.47. The van der Waals surface area contributed by atoms with E-state index in [9.17, 15) is 0 Å². The largest absolute Gasteiger partial charge is 0.456 e. The molecule has 0 saturated carbocycles. The number of fused-ring (bicyclic) bond motifs is 9. The normalized spacial score (nSPS) is 11.9. The van der Waals surface area contributed by atoms with Gasteiger partial charge < -0.3 is 13.6 Å². The average Bonchev–Trinajstić information content (AvgIpc) is 3.83. The van der Waals surface area contributed by atoms with Crippen molar-refractivity contribution in [3.8, 4) is 33.6 Å². The van der Waals surface area contributed by atoms with E-state index in [1.807, 2.05) is 6.07 Å². The van der Waals surface area contributed by atoms with Crippen molar-refractivity contribution in [1.82, 2.24) is 9.13 Å². The second-order valence-corrected chi connectivity index (χ2v) is 13.4. The molecule has 0 aliphatic rings. The van der Waals surface area contributed by atoms with Gasteiger partial charge in [-0.15, -0.1) is 0 Å². The first-order valence-electron chi connectivity index (χ1n) is 17.4. The lowest BCUT2D eigenvalue weighted by atomic mass is 10.0. The number of nitrogens with zero attached hydrogens (tertiary/aromatic N) is 2. The molecular formula is C48H30N2O. The zero-order valence-electron chi connectivity index (χ0n) is 27.6. The summed E-state index contributed by atoms with van der Waals surface area (Å²) in [6, 6.07) is 65.5. The van der Waals surface area contributed by atoms with Crippen LogP contribution < -0.4 is 0 Å². The Morgan fingerprint density at radius 1 is 0.275 bits per heavy atom. The van der Waals surface area contributed by atoms with E-state index < -0.39 is 0 Å². The Morgan fingerprint density at radius 2 is 0.765 bits per heavy atom. The molecule has 3 aromatic heterocycles. The summed E-state index contributed by atoms with van der Waals surface area (Å²) in [5, 5.41) is 7.17. The smallest absolute Gasteiger partial charge is 0.137 e. The lowest BCUT2D eigenvalue weighted by molar-refractivity contribution is 0.669. The molecule has 0 aliphatic heterocycles. The van der Waals surface area contributed by atoms with Gasteiger partial charge in [0.2, 0.25) is 0 Å². The summed E-state index contributed by atoms with van der Waals surface area (Å²) >= 11 is 0. The van der Waals surface area contributed by atoms with Crippen LogP contribution in [0.15, 0.2) is 186 Å². The fraction of sp³-hybridized carbons (Fsp3) is 0. The molecule has 0 N–H and O–H groups in total. The van der Waals surface area contributed by atoms with Gasteiger partial charge in [-0.2, -0.15) is 0 Å². The summed E-state index contributed by atoms with van der Waals surface area (Å²) in [4.78, 5) is 0. The van der Waals surface area contributed by atoms with Crippen molar-refractivity contribution in [3.63, 3.8) is 0 Å². The Hall–Kier alpha value is -6.84. The van der Waals surface area contributed by atoms with Gasteiger partial charge >= 0.3 is 0 Å². The van der Waals surface area contributed by atoms with Crippen LogP contribution in [0, 0.1) is 0 Å². The number of aromatic nitrogens is 2. The molecule has 3 nitrogen and oxygen atoms in total. The van der Waals surface area contributed by atoms with Crippen LogP contribution in [0.3, 0.4) is 0 Å². The molecule has 0 aliphatic carbocycles. The number of furan rings is 1. The van der Waals surface area contributed by atoms with E-state index in [-0.39, 0.29) is 0 Å². The van der Waals surface area contributed by atoms with E-state index in [1.165, 1.54) is 54.8 Å². The Labute approximate surface area is 293 Å². The van der Waals surface area contributed by atoms with Crippen LogP contribution in [0.4, 0.5) is 0 Å². The molecule has 238 valence electrons. The van der Waals surface area contributed by atoms with E-state index in [0.717, 1.165) is 44.3 Å². The minimum atomic E-state index is 0.893. The summed E-state index contributed by atoms with van der Waals surface area (Å²) in [7, 11) is 0. The van der Waals surface area contributed by atoms with E-state index in [4.69, 9.17) is 4.42 Å². The average molecular weight is 651 g/mol. The van der Waals surface area contributed by atoms with Gasteiger partial charge in [0.15, 0.2) is 0 Å². The maximum Gasteiger partial charge on any atom is 0.137 e. The van der Waals surface area contributed by atoms with Crippen molar-refractivity contribution in [2.75, 3.05) is 0 Å². The summed E-state index contributed by atoms with van der Waals surface area (Å²) in [6.45, 7) is 0. The highest BCUT2D eigenvalue weighted by molar-refractivity contribution is 6.22. The highest BCUT2D eigenvalue weighted by Gasteiger charge is 2.21. The predicted octanol–water partition coefficient (Wildman–Crippen LogP) is 13.1. The van der Waals surface area contributed by atoms with Gasteiger partial charge in [-0.05, 0) is 76.9 Å². The van der Waals surface area contributed by atoms with Gasteiger partial charge in [-0.1, -0.05) is 121 Å². The van der Waals surface area contributed by atoms with E-state index in [0.29, 0.717) is 0 Å². The third-order valence-corrected chi connectivity index (χ3v) is 10.5. The van der Waals surface area contributed by atoms with Crippen LogP contribution in [0.2, 0.25) is 0 Å². The number of benzene rings is 8. The fourth-order valence-corrected chi connectivity index (χ4v) is 8.16. The molecule has 11 rings (SSSR count). The summed E-state index contributed by atoms with van der Waals surface area (Å²) < 4.78 is 11.3. The van der Waals surface area contributed by atoms with Crippen molar-refractivity contribution in [1.29, 1.82) is 0 Å². The Morgan fingerprint density at radius 3 is 1.43 bits per heavy atom.